The van der Waals surface area contributed by atoms with Crippen LogP contribution in [0.2, 0.25) is 0 Å². The second-order valence-corrected chi connectivity index (χ2v) is 9.36. The summed E-state index contributed by atoms with van der Waals surface area (Å²) in [5, 5.41) is 4.08. The van der Waals surface area contributed by atoms with E-state index in [0.29, 0.717) is 37.5 Å². The monoisotopic (exact) mass is 401 g/mol. The van der Waals surface area contributed by atoms with Crippen LogP contribution in [0.5, 0.6) is 0 Å². The topological polar surface area (TPSA) is 80.8 Å². The van der Waals surface area contributed by atoms with Gasteiger partial charge in [-0.3, -0.25) is 9.78 Å². The molecule has 0 bridgehead atoms. The van der Waals surface area contributed by atoms with Crippen molar-refractivity contribution < 1.29 is 19.1 Å². The highest BCUT2D eigenvalue weighted by atomic mass is 32.1. The summed E-state index contributed by atoms with van der Waals surface area (Å²) in [4.78, 5) is 31.3. The maximum Gasteiger partial charge on any atom is 0.410 e. The average molecular weight is 401 g/mol. The van der Waals surface area contributed by atoms with E-state index in [-0.39, 0.29) is 12.0 Å². The summed E-state index contributed by atoms with van der Waals surface area (Å²) < 4.78 is 11.7. The molecule has 3 aliphatic rings. The number of aromatic nitrogens is 1. The maximum atomic E-state index is 12.4. The molecule has 0 radical (unpaired) electrons. The van der Waals surface area contributed by atoms with E-state index in [1.807, 2.05) is 24.0 Å². The van der Waals surface area contributed by atoms with E-state index in [1.165, 1.54) is 11.3 Å². The standard InChI is InChI=1S/C20H23N3O4S/c1-20(10-26-11-20)27-19(25)23-8-14-13(15(14)9-23)3-5-22-18(24)16-6-12-2-4-21-7-17(12)28-16/h2,4,6-7,13-15H,3,5,8-11H2,1H3,(H,22,24)/t13-,14-,15+. The Balaban J connectivity index is 1.06. The van der Waals surface area contributed by atoms with Crippen LogP contribution in [0.1, 0.15) is 23.0 Å². The van der Waals surface area contributed by atoms with Crippen molar-refractivity contribution in [3.63, 3.8) is 0 Å². The first kappa shape index (κ1) is 17.9. The number of fused-ring (bicyclic) bond motifs is 2. The van der Waals surface area contributed by atoms with Gasteiger partial charge in [-0.2, -0.15) is 0 Å². The number of amides is 2. The number of pyridine rings is 1. The molecule has 28 heavy (non-hydrogen) atoms. The van der Waals surface area contributed by atoms with Crippen LogP contribution in [0.4, 0.5) is 4.79 Å². The minimum Gasteiger partial charge on any atom is -0.438 e. The van der Waals surface area contributed by atoms with Gasteiger partial charge in [0.2, 0.25) is 0 Å². The zero-order valence-electron chi connectivity index (χ0n) is 15.7. The second-order valence-electron chi connectivity index (χ2n) is 8.28. The number of rotatable bonds is 5. The van der Waals surface area contributed by atoms with Crippen molar-refractivity contribution in [1.82, 2.24) is 15.2 Å². The van der Waals surface area contributed by atoms with Crippen LogP contribution in [0, 0.1) is 17.8 Å². The molecule has 4 heterocycles. The smallest absolute Gasteiger partial charge is 0.410 e. The van der Waals surface area contributed by atoms with Crippen molar-refractivity contribution in [3.05, 3.63) is 29.4 Å². The van der Waals surface area contributed by atoms with E-state index in [9.17, 15) is 9.59 Å². The highest BCUT2D eigenvalue weighted by Crippen LogP contribution is 2.53. The zero-order chi connectivity index (χ0) is 19.3. The van der Waals surface area contributed by atoms with Crippen LogP contribution in [-0.2, 0) is 9.47 Å². The summed E-state index contributed by atoms with van der Waals surface area (Å²) in [6.07, 6.45) is 4.27. The highest BCUT2D eigenvalue weighted by molar-refractivity contribution is 7.20. The van der Waals surface area contributed by atoms with E-state index in [4.69, 9.17) is 9.47 Å². The summed E-state index contributed by atoms with van der Waals surface area (Å²) in [6, 6.07) is 3.84. The van der Waals surface area contributed by atoms with Crippen molar-refractivity contribution in [2.24, 2.45) is 17.8 Å². The molecule has 2 amide bonds. The third-order valence-electron chi connectivity index (χ3n) is 6.09. The predicted molar refractivity (Wildman–Crippen MR) is 104 cm³/mol. The normalized spacial score (nSPS) is 27.2. The predicted octanol–water partition coefficient (Wildman–Crippen LogP) is 2.52. The SMILES string of the molecule is CC1(OC(=O)N2C[C@@H]3[C@@H](CCNC(=O)c4cc5ccncc5s4)[C@@H]3C2)COC1. The van der Waals surface area contributed by atoms with Gasteiger partial charge in [0.15, 0.2) is 5.60 Å². The molecule has 8 heteroatoms. The first-order valence-corrected chi connectivity index (χ1v) is 10.5. The molecule has 0 unspecified atom stereocenters. The Labute approximate surface area is 167 Å². The first-order valence-electron chi connectivity index (χ1n) is 9.70. The van der Waals surface area contributed by atoms with E-state index >= 15 is 0 Å². The quantitative estimate of drug-likeness (QED) is 0.833. The Bertz CT molecular complexity index is 880. The molecule has 2 aromatic heterocycles. The van der Waals surface area contributed by atoms with Gasteiger partial charge in [-0.25, -0.2) is 4.79 Å². The zero-order valence-corrected chi connectivity index (χ0v) is 16.5. The van der Waals surface area contributed by atoms with Crippen molar-refractivity contribution in [2.45, 2.75) is 18.9 Å². The van der Waals surface area contributed by atoms with Gasteiger partial charge in [0, 0.05) is 32.0 Å². The van der Waals surface area contributed by atoms with Crippen LogP contribution in [-0.4, -0.2) is 60.3 Å². The van der Waals surface area contributed by atoms with Gasteiger partial charge in [-0.05, 0) is 48.6 Å². The van der Waals surface area contributed by atoms with Gasteiger partial charge < -0.3 is 19.7 Å². The molecule has 2 aromatic rings. The van der Waals surface area contributed by atoms with Gasteiger partial charge in [-0.1, -0.05) is 0 Å². The molecule has 0 spiro atoms. The summed E-state index contributed by atoms with van der Waals surface area (Å²) in [6.45, 7) is 5.08. The third kappa shape index (κ3) is 3.24. The molecule has 0 aromatic carbocycles. The minimum atomic E-state index is -0.448. The van der Waals surface area contributed by atoms with E-state index in [0.717, 1.165) is 34.5 Å². The molecular weight excluding hydrogens is 378 g/mol. The van der Waals surface area contributed by atoms with Crippen LogP contribution in [0.3, 0.4) is 0 Å². The number of carbonyl (C=O) groups is 2. The Hall–Kier alpha value is -2.19. The number of hydrogen-bond acceptors (Lipinski definition) is 6. The first-order chi connectivity index (χ1) is 13.5. The molecule has 2 saturated heterocycles. The van der Waals surface area contributed by atoms with E-state index < -0.39 is 5.60 Å². The molecule has 1 N–H and O–H groups in total. The number of nitrogens with one attached hydrogen (secondary N) is 1. The average Bonchev–Trinajstić information content (AvgIpc) is 3.05. The van der Waals surface area contributed by atoms with Crippen molar-refractivity contribution >= 4 is 33.4 Å². The van der Waals surface area contributed by atoms with Crippen LogP contribution < -0.4 is 5.32 Å². The number of likely N-dealkylation sites (tertiary alicyclic amines) is 1. The second kappa shape index (κ2) is 6.70. The Kier molecular flexibility index (Phi) is 4.28. The van der Waals surface area contributed by atoms with Gasteiger partial charge in [0.1, 0.15) is 0 Å². The Morgan fingerprint density at radius 3 is 2.86 bits per heavy atom. The van der Waals surface area contributed by atoms with Crippen molar-refractivity contribution in [1.29, 1.82) is 0 Å². The molecule has 148 valence electrons. The van der Waals surface area contributed by atoms with Crippen LogP contribution in [0.25, 0.3) is 10.1 Å². The van der Waals surface area contributed by atoms with E-state index in [1.54, 1.807) is 12.4 Å². The Morgan fingerprint density at radius 1 is 1.39 bits per heavy atom. The lowest BCUT2D eigenvalue weighted by Crippen LogP contribution is -2.52. The van der Waals surface area contributed by atoms with E-state index in [2.05, 4.69) is 10.3 Å². The minimum absolute atomic E-state index is 0.0202. The number of ether oxygens (including phenoxy) is 2. The number of thiophene rings is 1. The van der Waals surface area contributed by atoms with Gasteiger partial charge in [-0.15, -0.1) is 11.3 Å². The summed E-state index contributed by atoms with van der Waals surface area (Å²) in [5.41, 5.74) is -0.448. The lowest BCUT2D eigenvalue weighted by molar-refractivity contribution is -0.171. The highest BCUT2D eigenvalue weighted by Gasteiger charge is 2.56. The van der Waals surface area contributed by atoms with Crippen molar-refractivity contribution in [3.8, 4) is 0 Å². The van der Waals surface area contributed by atoms with Gasteiger partial charge >= 0.3 is 6.09 Å². The maximum absolute atomic E-state index is 12.4. The van der Waals surface area contributed by atoms with Gasteiger partial charge in [0.25, 0.3) is 5.91 Å². The largest absolute Gasteiger partial charge is 0.438 e. The van der Waals surface area contributed by atoms with Gasteiger partial charge in [0.05, 0.1) is 22.8 Å². The lowest BCUT2D eigenvalue weighted by atomic mass is 10.1. The molecule has 1 aliphatic carbocycles. The summed E-state index contributed by atoms with van der Waals surface area (Å²) in [7, 11) is 0. The fourth-order valence-electron chi connectivity index (χ4n) is 4.39. The summed E-state index contributed by atoms with van der Waals surface area (Å²) >= 11 is 1.47. The summed E-state index contributed by atoms with van der Waals surface area (Å²) in [5.74, 6) is 1.67. The fraction of sp³-hybridized carbons (Fsp3) is 0.550. The third-order valence-corrected chi connectivity index (χ3v) is 7.17. The lowest BCUT2D eigenvalue weighted by Gasteiger charge is -2.38. The van der Waals surface area contributed by atoms with Crippen LogP contribution >= 0.6 is 11.3 Å². The Morgan fingerprint density at radius 2 is 2.18 bits per heavy atom. The molecule has 5 rings (SSSR count). The van der Waals surface area contributed by atoms with Crippen LogP contribution in [0.15, 0.2) is 24.5 Å². The molecule has 1 saturated carbocycles. The molecule has 7 nitrogen and oxygen atoms in total. The number of hydrogen-bond donors (Lipinski definition) is 1. The van der Waals surface area contributed by atoms with Crippen molar-refractivity contribution in [2.75, 3.05) is 32.8 Å². The molecule has 3 atom stereocenters. The number of nitrogens with zero attached hydrogens (tertiary/aromatic N) is 2. The molecule has 3 fully saturated rings. The number of piperidine rings is 1. The fourth-order valence-corrected chi connectivity index (χ4v) is 5.33. The molecular formula is C20H23N3O4S. The number of carbonyl (C=O) groups excluding carboxylic acids is 2. The molecule has 2 aliphatic heterocycles.